The van der Waals surface area contributed by atoms with Gasteiger partial charge in [-0.05, 0) is 31.5 Å². The second-order valence-corrected chi connectivity index (χ2v) is 7.03. The lowest BCUT2D eigenvalue weighted by Gasteiger charge is -2.20. The standard InChI is InChI=1S/C19H18Cl2N2O5/c1-11(2)28-18(24)10-17(13-5-3-4-6-15(13)20)22-19(25)14-9-12(23(26)27)7-8-16(14)21/h3-9,11,17H,10H2,1-2H3,(H,22,25). The molecule has 0 saturated heterocycles. The molecule has 28 heavy (non-hydrogen) atoms. The summed E-state index contributed by atoms with van der Waals surface area (Å²) in [5.74, 6) is -1.19. The summed E-state index contributed by atoms with van der Waals surface area (Å²) in [6.45, 7) is 3.42. The lowest BCUT2D eigenvalue weighted by Crippen LogP contribution is -2.31. The third-order valence-corrected chi connectivity index (χ3v) is 4.40. The maximum Gasteiger partial charge on any atom is 0.308 e. The molecule has 0 spiro atoms. The number of benzene rings is 2. The van der Waals surface area contributed by atoms with E-state index in [0.717, 1.165) is 6.07 Å². The van der Waals surface area contributed by atoms with Crippen LogP contribution in [0.15, 0.2) is 42.5 Å². The van der Waals surface area contributed by atoms with Crippen molar-refractivity contribution in [3.63, 3.8) is 0 Å². The number of carbonyl (C=O) groups is 2. The van der Waals surface area contributed by atoms with Crippen LogP contribution in [-0.4, -0.2) is 22.9 Å². The third-order valence-electron chi connectivity index (χ3n) is 3.73. The number of non-ortho nitro benzene ring substituents is 1. The first-order chi connectivity index (χ1) is 13.2. The van der Waals surface area contributed by atoms with Gasteiger partial charge >= 0.3 is 5.97 Å². The van der Waals surface area contributed by atoms with Gasteiger partial charge in [0.15, 0.2) is 0 Å². The Morgan fingerprint density at radius 1 is 1.14 bits per heavy atom. The van der Waals surface area contributed by atoms with E-state index in [1.165, 1.54) is 12.1 Å². The molecule has 0 radical (unpaired) electrons. The molecule has 2 aromatic carbocycles. The summed E-state index contributed by atoms with van der Waals surface area (Å²) in [5, 5.41) is 14.0. The maximum atomic E-state index is 12.7. The Bertz CT molecular complexity index is 902. The summed E-state index contributed by atoms with van der Waals surface area (Å²) < 4.78 is 5.15. The molecule has 0 bridgehead atoms. The second kappa shape index (κ2) is 9.52. The van der Waals surface area contributed by atoms with Gasteiger partial charge in [0.1, 0.15) is 0 Å². The van der Waals surface area contributed by atoms with Crippen molar-refractivity contribution in [2.75, 3.05) is 0 Å². The third kappa shape index (κ3) is 5.68. The molecule has 0 aliphatic heterocycles. The zero-order chi connectivity index (χ0) is 20.8. The number of hydrogen-bond acceptors (Lipinski definition) is 5. The molecule has 1 amide bonds. The first kappa shape index (κ1) is 21.7. The molecule has 1 unspecified atom stereocenters. The number of nitrogens with one attached hydrogen (secondary N) is 1. The van der Waals surface area contributed by atoms with Crippen LogP contribution in [0.2, 0.25) is 10.0 Å². The predicted octanol–water partition coefficient (Wildman–Crippen LogP) is 4.71. The minimum Gasteiger partial charge on any atom is -0.463 e. The first-order valence-electron chi connectivity index (χ1n) is 8.37. The van der Waals surface area contributed by atoms with Crippen LogP contribution < -0.4 is 5.32 Å². The average Bonchev–Trinajstić information content (AvgIpc) is 2.61. The van der Waals surface area contributed by atoms with Crippen molar-refractivity contribution in [2.45, 2.75) is 32.4 Å². The van der Waals surface area contributed by atoms with E-state index in [9.17, 15) is 19.7 Å². The lowest BCUT2D eigenvalue weighted by molar-refractivity contribution is -0.384. The molecular formula is C19H18Cl2N2O5. The number of ether oxygens (including phenoxy) is 1. The van der Waals surface area contributed by atoms with Crippen molar-refractivity contribution in [1.82, 2.24) is 5.32 Å². The molecule has 1 atom stereocenters. The van der Waals surface area contributed by atoms with E-state index in [2.05, 4.69) is 5.32 Å². The van der Waals surface area contributed by atoms with Crippen molar-refractivity contribution in [2.24, 2.45) is 0 Å². The van der Waals surface area contributed by atoms with E-state index in [-0.39, 0.29) is 28.8 Å². The largest absolute Gasteiger partial charge is 0.463 e. The van der Waals surface area contributed by atoms with E-state index in [4.69, 9.17) is 27.9 Å². The number of nitro benzene ring substituents is 1. The fourth-order valence-corrected chi connectivity index (χ4v) is 2.98. The average molecular weight is 425 g/mol. The summed E-state index contributed by atoms with van der Waals surface area (Å²) in [6.07, 6.45) is -0.485. The van der Waals surface area contributed by atoms with Gasteiger partial charge in [-0.3, -0.25) is 19.7 Å². The SMILES string of the molecule is CC(C)OC(=O)CC(NC(=O)c1cc([N+](=O)[O-])ccc1Cl)c1ccccc1Cl. The Balaban J connectivity index is 2.33. The summed E-state index contributed by atoms with van der Waals surface area (Å²) in [7, 11) is 0. The zero-order valence-corrected chi connectivity index (χ0v) is 16.7. The predicted molar refractivity (Wildman–Crippen MR) is 106 cm³/mol. The number of rotatable bonds is 7. The van der Waals surface area contributed by atoms with Gasteiger partial charge in [-0.2, -0.15) is 0 Å². The minimum absolute atomic E-state index is 0.0470. The van der Waals surface area contributed by atoms with Crippen LogP contribution in [0.1, 0.15) is 42.2 Å². The van der Waals surface area contributed by atoms with Gasteiger partial charge < -0.3 is 10.1 Å². The van der Waals surface area contributed by atoms with Crippen LogP contribution in [-0.2, 0) is 9.53 Å². The number of halogens is 2. The van der Waals surface area contributed by atoms with Crippen LogP contribution in [0.25, 0.3) is 0 Å². The number of nitro groups is 1. The first-order valence-corrected chi connectivity index (χ1v) is 9.13. The number of hydrogen-bond donors (Lipinski definition) is 1. The highest BCUT2D eigenvalue weighted by molar-refractivity contribution is 6.34. The molecular weight excluding hydrogens is 407 g/mol. The molecule has 0 aliphatic rings. The van der Waals surface area contributed by atoms with Gasteiger partial charge in [-0.1, -0.05) is 41.4 Å². The number of carbonyl (C=O) groups excluding carboxylic acids is 2. The highest BCUT2D eigenvalue weighted by Crippen LogP contribution is 2.28. The fraction of sp³-hybridized carbons (Fsp3) is 0.263. The maximum absolute atomic E-state index is 12.7. The van der Waals surface area contributed by atoms with E-state index < -0.39 is 22.8 Å². The van der Waals surface area contributed by atoms with Crippen molar-refractivity contribution in [3.05, 3.63) is 73.8 Å². The van der Waals surface area contributed by atoms with E-state index in [1.54, 1.807) is 38.1 Å². The summed E-state index contributed by atoms with van der Waals surface area (Å²) in [4.78, 5) is 35.2. The van der Waals surface area contributed by atoms with Gasteiger partial charge in [-0.25, -0.2) is 0 Å². The van der Waals surface area contributed by atoms with Crippen molar-refractivity contribution >= 4 is 40.8 Å². The summed E-state index contributed by atoms with van der Waals surface area (Å²) in [6, 6.07) is 9.48. The highest BCUT2D eigenvalue weighted by Gasteiger charge is 2.24. The molecule has 148 valence electrons. The summed E-state index contributed by atoms with van der Waals surface area (Å²) >= 11 is 12.2. The molecule has 0 heterocycles. The Labute approximate surface area is 171 Å². The topological polar surface area (TPSA) is 98.5 Å². The molecule has 0 aromatic heterocycles. The van der Waals surface area contributed by atoms with Crippen LogP contribution in [0.5, 0.6) is 0 Å². The summed E-state index contributed by atoms with van der Waals surface area (Å²) in [5.41, 5.74) is 0.160. The van der Waals surface area contributed by atoms with Crippen LogP contribution in [0.3, 0.4) is 0 Å². The monoisotopic (exact) mass is 424 g/mol. The van der Waals surface area contributed by atoms with Gasteiger partial charge in [0.05, 0.1) is 34.1 Å². The van der Waals surface area contributed by atoms with Crippen LogP contribution in [0, 0.1) is 10.1 Å². The number of nitrogens with zero attached hydrogens (tertiary/aromatic N) is 1. The molecule has 1 N–H and O–H groups in total. The van der Waals surface area contributed by atoms with Crippen molar-refractivity contribution < 1.29 is 19.2 Å². The normalized spacial score (nSPS) is 11.8. The van der Waals surface area contributed by atoms with Crippen LogP contribution in [0.4, 0.5) is 5.69 Å². The molecule has 9 heteroatoms. The molecule has 0 fully saturated rings. The van der Waals surface area contributed by atoms with E-state index >= 15 is 0 Å². The molecule has 0 aliphatic carbocycles. The Morgan fingerprint density at radius 3 is 2.43 bits per heavy atom. The number of esters is 1. The van der Waals surface area contributed by atoms with Gasteiger partial charge in [0.25, 0.3) is 11.6 Å². The van der Waals surface area contributed by atoms with E-state index in [0.29, 0.717) is 10.6 Å². The van der Waals surface area contributed by atoms with Crippen molar-refractivity contribution in [3.8, 4) is 0 Å². The van der Waals surface area contributed by atoms with Gasteiger partial charge in [-0.15, -0.1) is 0 Å². The van der Waals surface area contributed by atoms with Gasteiger partial charge in [0.2, 0.25) is 0 Å². The second-order valence-electron chi connectivity index (χ2n) is 6.21. The molecule has 7 nitrogen and oxygen atoms in total. The van der Waals surface area contributed by atoms with E-state index in [1.807, 2.05) is 0 Å². The highest BCUT2D eigenvalue weighted by atomic mass is 35.5. The molecule has 2 rings (SSSR count). The van der Waals surface area contributed by atoms with Crippen LogP contribution >= 0.6 is 23.2 Å². The molecule has 0 saturated carbocycles. The minimum atomic E-state index is -0.803. The smallest absolute Gasteiger partial charge is 0.308 e. The van der Waals surface area contributed by atoms with Gasteiger partial charge in [0, 0.05) is 17.2 Å². The Kier molecular flexibility index (Phi) is 7.37. The Morgan fingerprint density at radius 2 is 1.82 bits per heavy atom. The lowest BCUT2D eigenvalue weighted by atomic mass is 10.0. The molecule has 2 aromatic rings. The number of amides is 1. The fourth-order valence-electron chi connectivity index (χ4n) is 2.51. The zero-order valence-electron chi connectivity index (χ0n) is 15.1. The van der Waals surface area contributed by atoms with Crippen molar-refractivity contribution in [1.29, 1.82) is 0 Å². The Hall–Kier alpha value is -2.64. The quantitative estimate of drug-likeness (QED) is 0.393.